The molecule has 0 saturated heterocycles. The first-order valence-corrected chi connectivity index (χ1v) is 17.1. The molecule has 4 rings (SSSR count). The van der Waals surface area contributed by atoms with E-state index >= 15 is 0 Å². The summed E-state index contributed by atoms with van der Waals surface area (Å²) in [6.45, 7) is 12.3. The lowest BCUT2D eigenvalue weighted by Crippen LogP contribution is -2.16. The summed E-state index contributed by atoms with van der Waals surface area (Å²) in [5, 5.41) is 0. The maximum absolute atomic E-state index is 12.4. The average Bonchev–Trinajstić information content (AvgIpc) is 3.53. The van der Waals surface area contributed by atoms with Crippen LogP contribution in [-0.2, 0) is 16.0 Å². The Morgan fingerprint density at radius 1 is 0.915 bits per heavy atom. The van der Waals surface area contributed by atoms with E-state index in [1.165, 1.54) is 56.1 Å². The highest BCUT2D eigenvalue weighted by atomic mass is 16.7. The zero-order chi connectivity index (χ0) is 33.9. The highest BCUT2D eigenvalue weighted by Gasteiger charge is 2.23. The van der Waals surface area contributed by atoms with Crippen molar-refractivity contribution in [2.45, 2.75) is 98.3 Å². The second-order valence-electron chi connectivity index (χ2n) is 13.0. The highest BCUT2D eigenvalue weighted by Crippen LogP contribution is 2.40. The molecule has 0 bridgehead atoms. The number of allylic oxidation sites excluding steroid dienone is 5. The summed E-state index contributed by atoms with van der Waals surface area (Å²) in [6, 6.07) is 8.24. The van der Waals surface area contributed by atoms with Crippen molar-refractivity contribution in [3.05, 3.63) is 75.9 Å². The third kappa shape index (κ3) is 9.06. The Hall–Kier alpha value is -4.06. The number of methoxy groups -OCH3 is 2. The summed E-state index contributed by atoms with van der Waals surface area (Å²) < 4.78 is 22.7. The number of fused-ring (bicyclic) bond motifs is 1. The van der Waals surface area contributed by atoms with Gasteiger partial charge in [0.1, 0.15) is 0 Å². The van der Waals surface area contributed by atoms with Gasteiger partial charge in [-0.1, -0.05) is 83.1 Å². The molecule has 0 N–H and O–H groups in total. The van der Waals surface area contributed by atoms with Crippen LogP contribution in [0.3, 0.4) is 0 Å². The minimum atomic E-state index is -0.0110. The van der Waals surface area contributed by atoms with Crippen LogP contribution < -0.4 is 18.9 Å². The normalized spacial score (nSPS) is 15.2. The molecule has 1 heterocycles. The molecule has 0 radical (unpaired) electrons. The number of carbonyl (C=O) groups is 2. The number of ether oxygens (including phenoxy) is 4. The predicted octanol–water partition coefficient (Wildman–Crippen LogP) is 10.1. The minimum absolute atomic E-state index is 0.0110. The fourth-order valence-corrected chi connectivity index (χ4v) is 6.59. The lowest BCUT2D eigenvalue weighted by Gasteiger charge is -2.17. The van der Waals surface area contributed by atoms with E-state index in [1.54, 1.807) is 34.1 Å². The zero-order valence-corrected chi connectivity index (χ0v) is 29.3. The first-order chi connectivity index (χ1) is 22.7. The number of carbonyl (C=O) groups excluding carboxylic acids is 2. The largest absolute Gasteiger partial charge is 0.493 e. The van der Waals surface area contributed by atoms with Crippen LogP contribution in [0.2, 0.25) is 0 Å². The van der Waals surface area contributed by atoms with Gasteiger partial charge in [-0.3, -0.25) is 9.59 Å². The Labute approximate surface area is 281 Å². The Morgan fingerprint density at radius 3 is 2.23 bits per heavy atom. The highest BCUT2D eigenvalue weighted by molar-refractivity contribution is 6.22. The van der Waals surface area contributed by atoms with E-state index in [9.17, 15) is 9.59 Å². The van der Waals surface area contributed by atoms with E-state index in [-0.39, 0.29) is 18.4 Å². The van der Waals surface area contributed by atoms with Crippen molar-refractivity contribution in [2.24, 2.45) is 5.92 Å². The predicted molar refractivity (Wildman–Crippen MR) is 191 cm³/mol. The van der Waals surface area contributed by atoms with Gasteiger partial charge in [0.2, 0.25) is 6.79 Å². The third-order valence-electron chi connectivity index (χ3n) is 9.55. The molecule has 0 fully saturated rings. The van der Waals surface area contributed by atoms with Crippen LogP contribution in [0.5, 0.6) is 23.0 Å². The lowest BCUT2D eigenvalue weighted by atomic mass is 9.88. The standard InChI is InChI=1S/C41H52O6/c1-8-34-31(19-20-37(44-6)41(34)45-7)22-28(3)35-25-39-38(46-26-47-39)24-33(35)21-27(2)17-15-13-11-9-10-12-14-16-18-32-23-36(42)29(4)30(5)40(32)43/h8,19-20,22-25,27H,1,9-18,21,26H2,2-7H3/b28-22+. The zero-order valence-electron chi connectivity index (χ0n) is 29.3. The van der Waals surface area contributed by atoms with Gasteiger partial charge in [-0.2, -0.15) is 0 Å². The fraction of sp³-hybridized carbons (Fsp3) is 0.463. The smallest absolute Gasteiger partial charge is 0.231 e. The topological polar surface area (TPSA) is 71.1 Å². The Kier molecular flexibility index (Phi) is 13.1. The number of rotatable bonds is 18. The van der Waals surface area contributed by atoms with Gasteiger partial charge < -0.3 is 18.9 Å². The fourth-order valence-electron chi connectivity index (χ4n) is 6.59. The Morgan fingerprint density at radius 2 is 1.57 bits per heavy atom. The van der Waals surface area contributed by atoms with E-state index in [2.05, 4.69) is 38.6 Å². The van der Waals surface area contributed by atoms with Crippen LogP contribution >= 0.6 is 0 Å². The second-order valence-corrected chi connectivity index (χ2v) is 13.0. The lowest BCUT2D eigenvalue weighted by molar-refractivity contribution is -0.116. The van der Waals surface area contributed by atoms with Crippen molar-refractivity contribution >= 4 is 29.3 Å². The molecule has 252 valence electrons. The summed E-state index contributed by atoms with van der Waals surface area (Å²) >= 11 is 0. The number of ketones is 2. The Bertz CT molecular complexity index is 1560. The van der Waals surface area contributed by atoms with Gasteiger partial charge >= 0.3 is 0 Å². The molecule has 2 aromatic carbocycles. The van der Waals surface area contributed by atoms with Crippen molar-refractivity contribution in [3.63, 3.8) is 0 Å². The van der Waals surface area contributed by atoms with Crippen molar-refractivity contribution in [3.8, 4) is 23.0 Å². The molecule has 47 heavy (non-hydrogen) atoms. The van der Waals surface area contributed by atoms with Gasteiger partial charge in [0.25, 0.3) is 0 Å². The van der Waals surface area contributed by atoms with E-state index in [1.807, 2.05) is 18.2 Å². The van der Waals surface area contributed by atoms with Gasteiger partial charge in [0.15, 0.2) is 34.6 Å². The molecule has 6 nitrogen and oxygen atoms in total. The van der Waals surface area contributed by atoms with Crippen LogP contribution in [0.15, 0.2) is 53.6 Å². The molecule has 0 amide bonds. The van der Waals surface area contributed by atoms with E-state index in [4.69, 9.17) is 18.9 Å². The first kappa shape index (κ1) is 35.8. The molecule has 2 aromatic rings. The van der Waals surface area contributed by atoms with Crippen molar-refractivity contribution in [2.75, 3.05) is 21.0 Å². The molecule has 0 spiro atoms. The number of Topliss-reactive ketones (excluding diaryl/α,β-unsaturated/α-hetero) is 1. The summed E-state index contributed by atoms with van der Waals surface area (Å²) in [6.07, 6.45) is 17.8. The van der Waals surface area contributed by atoms with Crippen molar-refractivity contribution in [1.29, 1.82) is 0 Å². The third-order valence-corrected chi connectivity index (χ3v) is 9.55. The van der Waals surface area contributed by atoms with Crippen molar-refractivity contribution in [1.82, 2.24) is 0 Å². The first-order valence-electron chi connectivity index (χ1n) is 17.1. The van der Waals surface area contributed by atoms with Gasteiger partial charge in [-0.05, 0) is 92.5 Å². The van der Waals surface area contributed by atoms with E-state index in [0.29, 0.717) is 40.6 Å². The number of hydrogen-bond acceptors (Lipinski definition) is 6. The van der Waals surface area contributed by atoms with Gasteiger partial charge in [0, 0.05) is 22.3 Å². The molecule has 1 unspecified atom stereocenters. The SMILES string of the molecule is C=Cc1c(/C=C(\C)c2cc3c(cc2CC(C)CCCCCCCCCCC2=CC(=O)C(C)=C(C)C2=O)OCO3)ccc(OC)c1OC. The monoisotopic (exact) mass is 640 g/mol. The van der Waals surface area contributed by atoms with E-state index in [0.717, 1.165) is 47.5 Å². The average molecular weight is 641 g/mol. The summed E-state index contributed by atoms with van der Waals surface area (Å²) in [4.78, 5) is 24.5. The molecular weight excluding hydrogens is 588 g/mol. The van der Waals surface area contributed by atoms with Crippen LogP contribution in [-0.4, -0.2) is 32.6 Å². The molecule has 1 aliphatic heterocycles. The maximum atomic E-state index is 12.4. The Balaban J connectivity index is 1.24. The molecule has 1 atom stereocenters. The van der Waals surface area contributed by atoms with E-state index < -0.39 is 0 Å². The molecule has 0 saturated carbocycles. The maximum Gasteiger partial charge on any atom is 0.231 e. The number of unbranched alkanes of at least 4 members (excludes halogenated alkanes) is 7. The second kappa shape index (κ2) is 17.2. The van der Waals surface area contributed by atoms with Crippen LogP contribution in [0.25, 0.3) is 17.7 Å². The molecule has 1 aliphatic carbocycles. The summed E-state index contributed by atoms with van der Waals surface area (Å²) in [5.41, 5.74) is 7.38. The molecular formula is C41H52O6. The molecule has 0 aromatic heterocycles. The molecule has 6 heteroatoms. The van der Waals surface area contributed by atoms with Crippen LogP contribution in [0.1, 0.15) is 114 Å². The van der Waals surface area contributed by atoms with Gasteiger partial charge in [-0.25, -0.2) is 0 Å². The summed E-state index contributed by atoms with van der Waals surface area (Å²) in [7, 11) is 3.29. The van der Waals surface area contributed by atoms with Crippen LogP contribution in [0.4, 0.5) is 0 Å². The van der Waals surface area contributed by atoms with Gasteiger partial charge in [-0.15, -0.1) is 0 Å². The van der Waals surface area contributed by atoms with Crippen LogP contribution in [0, 0.1) is 5.92 Å². The minimum Gasteiger partial charge on any atom is -0.493 e. The quantitative estimate of drug-likeness (QED) is 0.0917. The van der Waals surface area contributed by atoms with Crippen molar-refractivity contribution < 1.29 is 28.5 Å². The number of hydrogen-bond donors (Lipinski definition) is 0. The van der Waals surface area contributed by atoms with Gasteiger partial charge in [0.05, 0.1) is 14.2 Å². The summed E-state index contributed by atoms with van der Waals surface area (Å²) in [5.74, 6) is 3.54. The molecule has 2 aliphatic rings. The number of benzene rings is 2.